The number of hydrogen-bond acceptors (Lipinski definition) is 10. The minimum Gasteiger partial charge on any atom is -0.445 e. The fraction of sp³-hybridized carbons (Fsp3) is 0.310. The summed E-state index contributed by atoms with van der Waals surface area (Å²) in [5.74, 6) is 0.407. The number of piperidine rings is 1. The predicted molar refractivity (Wildman–Crippen MR) is 157 cm³/mol. The van der Waals surface area contributed by atoms with E-state index in [4.69, 9.17) is 26.5 Å². The summed E-state index contributed by atoms with van der Waals surface area (Å²) >= 11 is 6.54. The molecule has 1 saturated heterocycles. The van der Waals surface area contributed by atoms with E-state index in [0.717, 1.165) is 22.3 Å². The number of aromatic nitrogens is 6. The van der Waals surface area contributed by atoms with Gasteiger partial charge in [-0.3, -0.25) is 18.9 Å². The fourth-order valence-electron chi connectivity index (χ4n) is 5.40. The summed E-state index contributed by atoms with van der Waals surface area (Å²) in [5.41, 5.74) is 8.30. The lowest BCUT2D eigenvalue weighted by Crippen LogP contribution is -2.47. The minimum atomic E-state index is -1.07. The van der Waals surface area contributed by atoms with Crippen LogP contribution < -0.4 is 11.3 Å². The number of halogens is 1. The highest BCUT2D eigenvalue weighted by atomic mass is 35.5. The maximum atomic E-state index is 13.4. The van der Waals surface area contributed by atoms with Crippen LogP contribution in [0.1, 0.15) is 24.0 Å². The van der Waals surface area contributed by atoms with Crippen molar-refractivity contribution < 1.29 is 19.1 Å². The van der Waals surface area contributed by atoms with Crippen molar-refractivity contribution in [3.05, 3.63) is 81.7 Å². The van der Waals surface area contributed by atoms with Crippen LogP contribution in [0, 0.1) is 0 Å². The monoisotopic (exact) mass is 604 g/mol. The second kappa shape index (κ2) is 11.6. The van der Waals surface area contributed by atoms with E-state index in [1.807, 2.05) is 24.3 Å². The second-order valence-corrected chi connectivity index (χ2v) is 11.1. The standard InChI is InChI=1S/C29H29ClN8O5/c1-36-25(19-4-2-18(3-5-19)14-42-28(31)40)23-24(35-36)27(39)38(16-32-23)15-29(41)8-10-37(11-9-29)13-21-7-6-20(12-22(21)30)26-34-33-17-43-26/h2-7,12,16-17,41H,8-11,13-15H2,1H3,(H2,31,40). The van der Waals surface area contributed by atoms with Gasteiger partial charge in [0.05, 0.1) is 24.2 Å². The van der Waals surface area contributed by atoms with Crippen molar-refractivity contribution >= 4 is 28.7 Å². The van der Waals surface area contributed by atoms with Gasteiger partial charge in [-0.25, -0.2) is 9.78 Å². The minimum absolute atomic E-state index is 0.0642. The molecule has 0 saturated carbocycles. The molecule has 0 spiro atoms. The number of rotatable bonds is 8. The van der Waals surface area contributed by atoms with E-state index in [0.29, 0.717) is 54.6 Å². The highest BCUT2D eigenvalue weighted by molar-refractivity contribution is 6.31. The van der Waals surface area contributed by atoms with Crippen molar-refractivity contribution in [1.29, 1.82) is 0 Å². The summed E-state index contributed by atoms with van der Waals surface area (Å²) in [6.07, 6.45) is 2.87. The molecule has 1 amide bonds. The van der Waals surface area contributed by atoms with Gasteiger partial charge in [0.15, 0.2) is 5.52 Å². The lowest BCUT2D eigenvalue weighted by molar-refractivity contribution is -0.0364. The normalized spacial score (nSPS) is 15.1. The van der Waals surface area contributed by atoms with Crippen LogP contribution in [-0.4, -0.2) is 64.3 Å². The second-order valence-electron chi connectivity index (χ2n) is 10.7. The van der Waals surface area contributed by atoms with Gasteiger partial charge in [0.1, 0.15) is 12.1 Å². The zero-order valence-corrected chi connectivity index (χ0v) is 24.1. The number of nitrogens with zero attached hydrogens (tertiary/aromatic N) is 7. The van der Waals surface area contributed by atoms with Crippen molar-refractivity contribution in [1.82, 2.24) is 34.4 Å². The van der Waals surface area contributed by atoms with E-state index in [-0.39, 0.29) is 24.2 Å². The van der Waals surface area contributed by atoms with Gasteiger partial charge in [-0.1, -0.05) is 41.9 Å². The van der Waals surface area contributed by atoms with Crippen molar-refractivity contribution in [3.8, 4) is 22.7 Å². The Hall–Kier alpha value is -4.59. The molecule has 0 unspecified atom stereocenters. The molecule has 1 aliphatic heterocycles. The predicted octanol–water partition coefficient (Wildman–Crippen LogP) is 3.12. The van der Waals surface area contributed by atoms with Crippen LogP contribution in [0.3, 0.4) is 0 Å². The Kier molecular flexibility index (Phi) is 7.69. The Morgan fingerprint density at radius 2 is 1.88 bits per heavy atom. The molecular formula is C29H29ClN8O5. The summed E-state index contributed by atoms with van der Waals surface area (Å²) < 4.78 is 13.1. The molecule has 3 aromatic heterocycles. The molecule has 222 valence electrons. The number of nitrogens with two attached hydrogens (primary N) is 1. The number of fused-ring (bicyclic) bond motifs is 1. The summed E-state index contributed by atoms with van der Waals surface area (Å²) in [6.45, 7) is 2.08. The van der Waals surface area contributed by atoms with Crippen LogP contribution in [0.5, 0.6) is 0 Å². The number of primary amides is 1. The molecule has 0 bridgehead atoms. The van der Waals surface area contributed by atoms with Crippen molar-refractivity contribution in [2.24, 2.45) is 12.8 Å². The van der Waals surface area contributed by atoms with Crippen LogP contribution in [0.4, 0.5) is 4.79 Å². The smallest absolute Gasteiger partial charge is 0.404 e. The van der Waals surface area contributed by atoms with Gasteiger partial charge < -0.3 is 20.0 Å². The van der Waals surface area contributed by atoms with Crippen LogP contribution in [0.2, 0.25) is 5.02 Å². The first-order valence-corrected chi connectivity index (χ1v) is 14.0. The summed E-state index contributed by atoms with van der Waals surface area (Å²) in [6, 6.07) is 12.9. The number of aliphatic hydroxyl groups is 1. The van der Waals surface area contributed by atoms with Gasteiger partial charge in [-0.05, 0) is 36.1 Å². The van der Waals surface area contributed by atoms with Crippen molar-refractivity contribution in [2.75, 3.05) is 13.1 Å². The van der Waals surface area contributed by atoms with Gasteiger partial charge in [0, 0.05) is 42.8 Å². The molecule has 0 atom stereocenters. The Bertz CT molecular complexity index is 1830. The van der Waals surface area contributed by atoms with Gasteiger partial charge >= 0.3 is 6.09 Å². The molecule has 1 fully saturated rings. The molecule has 3 N–H and O–H groups in total. The van der Waals surface area contributed by atoms with Crippen molar-refractivity contribution in [3.63, 3.8) is 0 Å². The first-order valence-electron chi connectivity index (χ1n) is 13.6. The van der Waals surface area contributed by atoms with E-state index in [9.17, 15) is 14.7 Å². The zero-order chi connectivity index (χ0) is 30.1. The van der Waals surface area contributed by atoms with Crippen LogP contribution in [0.15, 0.2) is 64.4 Å². The molecule has 5 aromatic rings. The number of likely N-dealkylation sites (tertiary alicyclic amines) is 1. The molecular weight excluding hydrogens is 576 g/mol. The molecule has 13 nitrogen and oxygen atoms in total. The Morgan fingerprint density at radius 1 is 1.14 bits per heavy atom. The number of aryl methyl sites for hydroxylation is 1. The van der Waals surface area contributed by atoms with E-state index in [1.165, 1.54) is 17.3 Å². The van der Waals surface area contributed by atoms with Gasteiger partial charge in [-0.2, -0.15) is 5.10 Å². The van der Waals surface area contributed by atoms with Crippen LogP contribution in [0.25, 0.3) is 33.7 Å². The number of hydrogen-bond donors (Lipinski definition) is 2. The fourth-order valence-corrected chi connectivity index (χ4v) is 5.64. The quantitative estimate of drug-likeness (QED) is 0.268. The van der Waals surface area contributed by atoms with E-state index in [2.05, 4.69) is 25.2 Å². The summed E-state index contributed by atoms with van der Waals surface area (Å²) in [5, 5.41) is 24.1. The molecule has 6 rings (SSSR count). The van der Waals surface area contributed by atoms with E-state index in [1.54, 1.807) is 29.9 Å². The first kappa shape index (κ1) is 28.5. The summed E-state index contributed by atoms with van der Waals surface area (Å²) in [7, 11) is 1.75. The third-order valence-electron chi connectivity index (χ3n) is 7.73. The number of ether oxygens (including phenoxy) is 1. The molecule has 14 heteroatoms. The SMILES string of the molecule is Cn1nc2c(=O)n(CC3(O)CCN(Cc4ccc(-c5nnco5)cc4Cl)CC3)cnc2c1-c1ccc(COC(N)=O)cc1. The Labute approximate surface area is 250 Å². The molecule has 2 aromatic carbocycles. The van der Waals surface area contributed by atoms with Crippen molar-refractivity contribution in [2.45, 2.75) is 38.1 Å². The number of amides is 1. The number of carbonyl (C=O) groups excluding carboxylic acids is 1. The Morgan fingerprint density at radius 3 is 2.56 bits per heavy atom. The maximum absolute atomic E-state index is 13.4. The summed E-state index contributed by atoms with van der Waals surface area (Å²) in [4.78, 5) is 31.1. The number of carbonyl (C=O) groups is 1. The van der Waals surface area contributed by atoms with E-state index < -0.39 is 11.7 Å². The largest absolute Gasteiger partial charge is 0.445 e. The average molecular weight is 605 g/mol. The third kappa shape index (κ3) is 6.00. The van der Waals surface area contributed by atoms with Gasteiger partial charge in [0.2, 0.25) is 12.3 Å². The van der Waals surface area contributed by atoms with Gasteiger partial charge in [-0.15, -0.1) is 10.2 Å². The Balaban J connectivity index is 1.13. The lowest BCUT2D eigenvalue weighted by Gasteiger charge is -2.38. The highest BCUT2D eigenvalue weighted by Gasteiger charge is 2.33. The molecule has 4 heterocycles. The topological polar surface area (TPSA) is 167 Å². The molecule has 1 aliphatic rings. The first-order chi connectivity index (χ1) is 20.7. The highest BCUT2D eigenvalue weighted by Crippen LogP contribution is 2.30. The lowest BCUT2D eigenvalue weighted by atomic mass is 9.91. The molecule has 0 aliphatic carbocycles. The van der Waals surface area contributed by atoms with E-state index >= 15 is 0 Å². The maximum Gasteiger partial charge on any atom is 0.404 e. The van der Waals surface area contributed by atoms with Crippen LogP contribution in [-0.2, 0) is 31.5 Å². The molecule has 0 radical (unpaired) electrons. The van der Waals surface area contributed by atoms with Crippen LogP contribution >= 0.6 is 11.6 Å². The average Bonchev–Trinajstić information content (AvgIpc) is 3.65. The van der Waals surface area contributed by atoms with Gasteiger partial charge in [0.25, 0.3) is 5.56 Å². The number of benzene rings is 2. The third-order valence-corrected chi connectivity index (χ3v) is 8.08. The molecule has 43 heavy (non-hydrogen) atoms. The zero-order valence-electron chi connectivity index (χ0n) is 23.3.